The van der Waals surface area contributed by atoms with Crippen molar-refractivity contribution in [2.45, 2.75) is 0 Å². The molecule has 2 rings (SSSR count). The van der Waals surface area contributed by atoms with Crippen molar-refractivity contribution in [2.24, 2.45) is 0 Å². The van der Waals surface area contributed by atoms with Gasteiger partial charge >= 0.3 is 0 Å². The van der Waals surface area contributed by atoms with Crippen molar-refractivity contribution >= 4 is 17.4 Å². The Bertz CT molecular complexity index is 501. The predicted molar refractivity (Wildman–Crippen MR) is 61.2 cm³/mol. The van der Waals surface area contributed by atoms with Gasteiger partial charge in [0.2, 0.25) is 5.88 Å². The maximum atomic E-state index is 5.99. The minimum Gasteiger partial charge on any atom is -0.481 e. The summed E-state index contributed by atoms with van der Waals surface area (Å²) in [5, 5.41) is 0.328. The van der Waals surface area contributed by atoms with E-state index in [2.05, 4.69) is 15.0 Å². The topological polar surface area (TPSA) is 73.9 Å². The summed E-state index contributed by atoms with van der Waals surface area (Å²) >= 11 is 5.99. The van der Waals surface area contributed by atoms with Crippen LogP contribution in [0.15, 0.2) is 24.7 Å². The first kappa shape index (κ1) is 10.6. The number of hydrogen-bond donors (Lipinski definition) is 1. The van der Waals surface area contributed by atoms with Gasteiger partial charge in [-0.2, -0.15) is 0 Å². The third kappa shape index (κ3) is 1.90. The molecule has 5 nitrogen and oxygen atoms in total. The lowest BCUT2D eigenvalue weighted by Gasteiger charge is -2.05. The van der Waals surface area contributed by atoms with Crippen molar-refractivity contribution in [3.8, 4) is 17.1 Å². The Balaban J connectivity index is 2.46. The molecule has 0 atom stereocenters. The summed E-state index contributed by atoms with van der Waals surface area (Å²) in [6.45, 7) is 0. The van der Waals surface area contributed by atoms with E-state index in [1.807, 2.05) is 0 Å². The summed E-state index contributed by atoms with van der Waals surface area (Å²) in [4.78, 5) is 11.9. The molecule has 6 heteroatoms. The average molecular weight is 237 g/mol. The van der Waals surface area contributed by atoms with Crippen LogP contribution in [0.2, 0.25) is 5.02 Å². The fourth-order valence-electron chi connectivity index (χ4n) is 1.23. The van der Waals surface area contributed by atoms with Gasteiger partial charge in [-0.25, -0.2) is 15.0 Å². The highest BCUT2D eigenvalue weighted by Gasteiger charge is 2.09. The van der Waals surface area contributed by atoms with Crippen LogP contribution < -0.4 is 10.5 Å². The fraction of sp³-hybridized carbons (Fsp3) is 0.100. The second-order valence-electron chi connectivity index (χ2n) is 3.01. The van der Waals surface area contributed by atoms with Crippen molar-refractivity contribution < 1.29 is 4.74 Å². The molecule has 0 aliphatic carbocycles. The summed E-state index contributed by atoms with van der Waals surface area (Å²) in [6, 6.07) is 3.53. The normalized spacial score (nSPS) is 10.1. The molecule has 0 saturated carbocycles. The molecule has 0 unspecified atom stereocenters. The molecule has 0 aromatic carbocycles. The molecule has 0 bridgehead atoms. The van der Waals surface area contributed by atoms with Crippen molar-refractivity contribution in [2.75, 3.05) is 12.8 Å². The number of nitrogens with zero attached hydrogens (tertiary/aromatic N) is 3. The zero-order chi connectivity index (χ0) is 11.5. The quantitative estimate of drug-likeness (QED) is 0.860. The molecular weight excluding hydrogens is 228 g/mol. The number of nitrogen functional groups attached to an aromatic ring is 1. The van der Waals surface area contributed by atoms with Crippen LogP contribution in [0.3, 0.4) is 0 Å². The van der Waals surface area contributed by atoms with E-state index in [0.717, 1.165) is 5.56 Å². The van der Waals surface area contributed by atoms with Gasteiger partial charge in [-0.05, 0) is 6.07 Å². The van der Waals surface area contributed by atoms with E-state index in [4.69, 9.17) is 22.1 Å². The predicted octanol–water partition coefficient (Wildman–Crippen LogP) is 1.78. The maximum Gasteiger partial charge on any atom is 0.212 e. The van der Waals surface area contributed by atoms with Gasteiger partial charge in [-0.3, -0.25) is 0 Å². The van der Waals surface area contributed by atoms with Crippen molar-refractivity contribution in [1.29, 1.82) is 0 Å². The molecule has 2 aromatic heterocycles. The number of aromatic nitrogens is 3. The molecule has 2 N–H and O–H groups in total. The largest absolute Gasteiger partial charge is 0.481 e. The summed E-state index contributed by atoms with van der Waals surface area (Å²) in [7, 11) is 1.55. The molecule has 0 aliphatic heterocycles. The second kappa shape index (κ2) is 4.32. The van der Waals surface area contributed by atoms with Gasteiger partial charge < -0.3 is 10.5 Å². The maximum absolute atomic E-state index is 5.99. The van der Waals surface area contributed by atoms with Crippen LogP contribution in [0.25, 0.3) is 11.3 Å². The highest BCUT2D eigenvalue weighted by atomic mass is 35.5. The minimum atomic E-state index is 0.252. The first-order chi connectivity index (χ1) is 7.72. The molecule has 0 radical (unpaired) electrons. The number of rotatable bonds is 2. The lowest BCUT2D eigenvalue weighted by atomic mass is 10.2. The van der Waals surface area contributed by atoms with Gasteiger partial charge in [0.05, 0.1) is 12.8 Å². The zero-order valence-corrected chi connectivity index (χ0v) is 9.27. The van der Waals surface area contributed by atoms with Crippen molar-refractivity contribution in [3.63, 3.8) is 0 Å². The highest BCUT2D eigenvalue weighted by molar-refractivity contribution is 6.35. The van der Waals surface area contributed by atoms with Gasteiger partial charge in [-0.1, -0.05) is 11.6 Å². The Morgan fingerprint density at radius 1 is 1.25 bits per heavy atom. The first-order valence-electron chi connectivity index (χ1n) is 4.48. The van der Waals surface area contributed by atoms with Crippen LogP contribution in [0.4, 0.5) is 5.82 Å². The Labute approximate surface area is 97.3 Å². The van der Waals surface area contributed by atoms with Gasteiger partial charge in [0.1, 0.15) is 17.2 Å². The summed E-state index contributed by atoms with van der Waals surface area (Å²) in [5.41, 5.74) is 6.91. The fourth-order valence-corrected chi connectivity index (χ4v) is 1.43. The molecule has 2 aromatic rings. The number of halogens is 1. The van der Waals surface area contributed by atoms with E-state index in [0.29, 0.717) is 16.6 Å². The van der Waals surface area contributed by atoms with E-state index in [-0.39, 0.29) is 5.82 Å². The number of anilines is 1. The van der Waals surface area contributed by atoms with E-state index in [1.54, 1.807) is 25.4 Å². The number of pyridine rings is 1. The van der Waals surface area contributed by atoms with E-state index >= 15 is 0 Å². The third-order valence-corrected chi connectivity index (χ3v) is 2.41. The van der Waals surface area contributed by atoms with Crippen LogP contribution in [-0.4, -0.2) is 22.1 Å². The van der Waals surface area contributed by atoms with Crippen LogP contribution in [-0.2, 0) is 0 Å². The first-order valence-corrected chi connectivity index (χ1v) is 4.86. The summed E-state index contributed by atoms with van der Waals surface area (Å²) < 4.78 is 4.96. The van der Waals surface area contributed by atoms with E-state index < -0.39 is 0 Å². The van der Waals surface area contributed by atoms with Gasteiger partial charge in [0.25, 0.3) is 0 Å². The highest BCUT2D eigenvalue weighted by Crippen LogP contribution is 2.28. The van der Waals surface area contributed by atoms with E-state index in [1.165, 1.54) is 6.33 Å². The van der Waals surface area contributed by atoms with E-state index in [9.17, 15) is 0 Å². The molecular formula is C10H9ClN4O. The molecule has 82 valence electrons. The number of ether oxygens (including phenoxy) is 1. The standard InChI is InChI=1S/C10H9ClN4O/c1-16-7-3-2-6(4-13-7)9-8(11)10(12)15-5-14-9/h2-5H,1H3,(H2,12,14,15). The van der Waals surface area contributed by atoms with Gasteiger partial charge in [0, 0.05) is 17.8 Å². The van der Waals surface area contributed by atoms with Crippen LogP contribution in [0.5, 0.6) is 5.88 Å². The minimum absolute atomic E-state index is 0.252. The second-order valence-corrected chi connectivity index (χ2v) is 3.39. The Hall–Kier alpha value is -1.88. The third-order valence-electron chi connectivity index (χ3n) is 2.04. The smallest absolute Gasteiger partial charge is 0.212 e. The van der Waals surface area contributed by atoms with Crippen molar-refractivity contribution in [1.82, 2.24) is 15.0 Å². The Kier molecular flexibility index (Phi) is 2.87. The average Bonchev–Trinajstić information content (AvgIpc) is 2.33. The van der Waals surface area contributed by atoms with Crippen molar-refractivity contribution in [3.05, 3.63) is 29.7 Å². The Morgan fingerprint density at radius 2 is 2.06 bits per heavy atom. The number of methoxy groups -OCH3 is 1. The molecule has 2 heterocycles. The molecule has 0 fully saturated rings. The molecule has 16 heavy (non-hydrogen) atoms. The Morgan fingerprint density at radius 3 is 2.69 bits per heavy atom. The number of hydrogen-bond acceptors (Lipinski definition) is 5. The summed E-state index contributed by atoms with van der Waals surface area (Å²) in [6.07, 6.45) is 2.98. The molecule has 0 amide bonds. The zero-order valence-electron chi connectivity index (χ0n) is 8.51. The SMILES string of the molecule is COc1ccc(-c2ncnc(N)c2Cl)cn1. The molecule has 0 spiro atoms. The molecule has 0 aliphatic rings. The lowest BCUT2D eigenvalue weighted by Crippen LogP contribution is -1.96. The van der Waals surface area contributed by atoms with Crippen LogP contribution in [0.1, 0.15) is 0 Å². The van der Waals surface area contributed by atoms with Crippen LogP contribution >= 0.6 is 11.6 Å². The molecule has 0 saturated heterocycles. The summed E-state index contributed by atoms with van der Waals surface area (Å²) in [5.74, 6) is 0.782. The van der Waals surface area contributed by atoms with Gasteiger partial charge in [0.15, 0.2) is 0 Å². The monoisotopic (exact) mass is 236 g/mol. The lowest BCUT2D eigenvalue weighted by molar-refractivity contribution is 0.398. The van der Waals surface area contributed by atoms with Crippen LogP contribution in [0, 0.1) is 0 Å². The number of nitrogens with two attached hydrogens (primary N) is 1. The van der Waals surface area contributed by atoms with Gasteiger partial charge in [-0.15, -0.1) is 0 Å².